The first kappa shape index (κ1) is 22.6. The third-order valence-electron chi connectivity index (χ3n) is 6.01. The molecule has 1 saturated heterocycles. The number of alkyl carbamates (subject to hydrolysis) is 1. The molecule has 33 heavy (non-hydrogen) atoms. The maximum Gasteiger partial charge on any atom is 0.409 e. The second-order valence-corrected chi connectivity index (χ2v) is 9.49. The maximum atomic E-state index is 12.8. The number of amides is 2. The molecule has 174 valence electrons. The number of carboxylic acid groups (broad SMARTS) is 1. The number of fused-ring (bicyclic) bond motifs is 3. The third-order valence-corrected chi connectivity index (χ3v) is 6.01. The number of rotatable bonds is 4. The number of aliphatic carboxylic acids is 1. The van der Waals surface area contributed by atoms with Crippen LogP contribution in [-0.4, -0.2) is 59.0 Å². The molecule has 4 rings (SSSR count). The van der Waals surface area contributed by atoms with Gasteiger partial charge in [-0.25, -0.2) is 14.4 Å². The Bertz CT molecular complexity index is 1050. The predicted molar refractivity (Wildman–Crippen MR) is 121 cm³/mol. The largest absolute Gasteiger partial charge is 0.479 e. The van der Waals surface area contributed by atoms with Crippen LogP contribution in [0.5, 0.6) is 0 Å². The first-order valence-electron chi connectivity index (χ1n) is 10.9. The molecule has 0 spiro atoms. The maximum absolute atomic E-state index is 12.8. The van der Waals surface area contributed by atoms with Gasteiger partial charge in [-0.15, -0.1) is 0 Å². The van der Waals surface area contributed by atoms with Crippen molar-refractivity contribution in [3.05, 3.63) is 59.7 Å². The van der Waals surface area contributed by atoms with Crippen molar-refractivity contribution in [3.8, 4) is 11.1 Å². The molecule has 2 aliphatic rings. The van der Waals surface area contributed by atoms with Crippen LogP contribution in [0.3, 0.4) is 0 Å². The van der Waals surface area contributed by atoms with Gasteiger partial charge in [-0.1, -0.05) is 48.5 Å². The zero-order valence-electron chi connectivity index (χ0n) is 19.0. The normalized spacial score (nSPS) is 19.5. The molecule has 1 atom stereocenters. The summed E-state index contributed by atoms with van der Waals surface area (Å²) in [6, 6.07) is 16.1. The highest BCUT2D eigenvalue weighted by Crippen LogP contribution is 2.44. The van der Waals surface area contributed by atoms with Crippen LogP contribution >= 0.6 is 0 Å². The van der Waals surface area contributed by atoms with E-state index in [9.17, 15) is 19.5 Å². The van der Waals surface area contributed by atoms with Gasteiger partial charge in [-0.3, -0.25) is 0 Å². The number of ether oxygens (including phenoxy) is 2. The Hall–Kier alpha value is -3.55. The zero-order valence-corrected chi connectivity index (χ0v) is 19.0. The standard InChI is InChI=1S/C25H28N2O6/c1-24(2,3)33-22(30)26-25(21(28)29)12-13-27(15-25)23(31)32-14-20-18-10-6-4-8-16(18)17-9-5-7-11-19(17)20/h4-11,20H,12-15H2,1-3H3,(H,26,30)(H,28,29)/t25-/m1/s1. The van der Waals surface area contributed by atoms with Crippen molar-refractivity contribution >= 4 is 18.2 Å². The fourth-order valence-corrected chi connectivity index (χ4v) is 4.48. The molecular weight excluding hydrogens is 424 g/mol. The van der Waals surface area contributed by atoms with Gasteiger partial charge in [0.15, 0.2) is 5.54 Å². The summed E-state index contributed by atoms with van der Waals surface area (Å²) in [7, 11) is 0. The number of carbonyl (C=O) groups is 3. The number of likely N-dealkylation sites (tertiary alicyclic amines) is 1. The van der Waals surface area contributed by atoms with Gasteiger partial charge in [-0.2, -0.15) is 0 Å². The molecule has 1 heterocycles. The summed E-state index contributed by atoms with van der Waals surface area (Å²) in [5.41, 5.74) is 2.06. The first-order chi connectivity index (χ1) is 15.6. The van der Waals surface area contributed by atoms with Gasteiger partial charge in [0.2, 0.25) is 0 Å². The van der Waals surface area contributed by atoms with Gasteiger partial charge in [0.05, 0.1) is 6.54 Å². The zero-order chi connectivity index (χ0) is 23.8. The molecule has 0 saturated carbocycles. The second-order valence-electron chi connectivity index (χ2n) is 9.49. The summed E-state index contributed by atoms with van der Waals surface area (Å²) in [6.45, 7) is 5.17. The van der Waals surface area contributed by atoms with Crippen molar-refractivity contribution in [2.75, 3.05) is 19.7 Å². The van der Waals surface area contributed by atoms with Gasteiger partial charge >= 0.3 is 18.2 Å². The highest BCUT2D eigenvalue weighted by atomic mass is 16.6. The molecule has 1 aliphatic carbocycles. The molecule has 1 aliphatic heterocycles. The van der Waals surface area contributed by atoms with E-state index in [0.29, 0.717) is 0 Å². The Kier molecular flexibility index (Phi) is 5.78. The number of carboxylic acids is 1. The molecule has 2 aromatic rings. The average Bonchev–Trinajstić information content (AvgIpc) is 3.31. The molecule has 0 unspecified atom stereocenters. The fraction of sp³-hybridized carbons (Fsp3) is 0.400. The van der Waals surface area contributed by atoms with Crippen LogP contribution in [0, 0.1) is 0 Å². The van der Waals surface area contributed by atoms with E-state index in [0.717, 1.165) is 22.3 Å². The molecule has 0 bridgehead atoms. The van der Waals surface area contributed by atoms with E-state index in [1.54, 1.807) is 20.8 Å². The van der Waals surface area contributed by atoms with Crippen LogP contribution in [0.2, 0.25) is 0 Å². The van der Waals surface area contributed by atoms with E-state index < -0.39 is 29.3 Å². The van der Waals surface area contributed by atoms with Crippen LogP contribution in [0.4, 0.5) is 9.59 Å². The topological polar surface area (TPSA) is 105 Å². The van der Waals surface area contributed by atoms with Crippen molar-refractivity contribution in [2.24, 2.45) is 0 Å². The minimum atomic E-state index is -1.62. The highest BCUT2D eigenvalue weighted by molar-refractivity contribution is 5.86. The molecule has 8 nitrogen and oxygen atoms in total. The number of hydrogen-bond acceptors (Lipinski definition) is 5. The van der Waals surface area contributed by atoms with E-state index in [4.69, 9.17) is 9.47 Å². The Morgan fingerprint density at radius 1 is 1.06 bits per heavy atom. The molecule has 8 heteroatoms. The lowest BCUT2D eigenvalue weighted by molar-refractivity contribution is -0.144. The van der Waals surface area contributed by atoms with Crippen LogP contribution < -0.4 is 5.32 Å². The number of hydrogen-bond donors (Lipinski definition) is 2. The summed E-state index contributed by atoms with van der Waals surface area (Å²) >= 11 is 0. The van der Waals surface area contributed by atoms with Crippen molar-refractivity contribution in [3.63, 3.8) is 0 Å². The van der Waals surface area contributed by atoms with Crippen LogP contribution in [0.1, 0.15) is 44.2 Å². The van der Waals surface area contributed by atoms with Gasteiger partial charge in [-0.05, 0) is 43.0 Å². The van der Waals surface area contributed by atoms with Crippen molar-refractivity contribution < 1.29 is 29.0 Å². The van der Waals surface area contributed by atoms with E-state index in [1.807, 2.05) is 36.4 Å². The van der Waals surface area contributed by atoms with E-state index in [-0.39, 0.29) is 32.0 Å². The molecule has 1 fully saturated rings. The Morgan fingerprint density at radius 3 is 2.18 bits per heavy atom. The van der Waals surface area contributed by atoms with Crippen LogP contribution in [-0.2, 0) is 14.3 Å². The Morgan fingerprint density at radius 2 is 1.64 bits per heavy atom. The Labute approximate surface area is 192 Å². The average molecular weight is 453 g/mol. The number of carbonyl (C=O) groups excluding carboxylic acids is 2. The lowest BCUT2D eigenvalue weighted by atomic mass is 9.98. The minimum Gasteiger partial charge on any atom is -0.479 e. The molecule has 0 radical (unpaired) electrons. The SMILES string of the molecule is CC(C)(C)OC(=O)N[C@]1(C(=O)O)CCN(C(=O)OCC2c3ccccc3-c3ccccc32)C1. The summed E-state index contributed by atoms with van der Waals surface area (Å²) < 4.78 is 10.8. The quantitative estimate of drug-likeness (QED) is 0.727. The van der Waals surface area contributed by atoms with Crippen molar-refractivity contribution in [1.82, 2.24) is 10.2 Å². The predicted octanol–water partition coefficient (Wildman–Crippen LogP) is 3.99. The fourth-order valence-electron chi connectivity index (χ4n) is 4.48. The van der Waals surface area contributed by atoms with Crippen molar-refractivity contribution in [1.29, 1.82) is 0 Å². The van der Waals surface area contributed by atoms with Gasteiger partial charge in [0, 0.05) is 18.9 Å². The van der Waals surface area contributed by atoms with Gasteiger partial charge in [0.1, 0.15) is 12.2 Å². The lowest BCUT2D eigenvalue weighted by Gasteiger charge is -2.28. The monoisotopic (exact) mass is 452 g/mol. The molecular formula is C25H28N2O6. The van der Waals surface area contributed by atoms with Gasteiger partial charge in [0.25, 0.3) is 0 Å². The summed E-state index contributed by atoms with van der Waals surface area (Å²) in [5.74, 6) is -1.31. The number of nitrogens with zero attached hydrogens (tertiary/aromatic N) is 1. The van der Waals surface area contributed by atoms with E-state index >= 15 is 0 Å². The summed E-state index contributed by atoms with van der Waals surface area (Å²) in [5, 5.41) is 12.2. The molecule has 2 amide bonds. The van der Waals surface area contributed by atoms with Gasteiger partial charge < -0.3 is 24.8 Å². The van der Waals surface area contributed by atoms with Crippen LogP contribution in [0.25, 0.3) is 11.1 Å². The first-order valence-corrected chi connectivity index (χ1v) is 10.9. The number of benzene rings is 2. The summed E-state index contributed by atoms with van der Waals surface area (Å²) in [4.78, 5) is 38.3. The highest BCUT2D eigenvalue weighted by Gasteiger charge is 2.49. The second kappa shape index (κ2) is 8.42. The molecule has 2 aromatic carbocycles. The van der Waals surface area contributed by atoms with Crippen molar-refractivity contribution in [2.45, 2.75) is 44.2 Å². The molecule has 0 aromatic heterocycles. The van der Waals surface area contributed by atoms with Crippen LogP contribution in [0.15, 0.2) is 48.5 Å². The minimum absolute atomic E-state index is 0.0613. The smallest absolute Gasteiger partial charge is 0.409 e. The van der Waals surface area contributed by atoms with E-state index in [1.165, 1.54) is 4.90 Å². The Balaban J connectivity index is 1.43. The van der Waals surface area contributed by atoms with E-state index in [2.05, 4.69) is 17.4 Å². The molecule has 2 N–H and O–H groups in total. The summed E-state index contributed by atoms with van der Waals surface area (Å²) in [6.07, 6.45) is -1.38. The third kappa shape index (κ3) is 4.51. The lowest BCUT2D eigenvalue weighted by Crippen LogP contribution is -2.57. The number of nitrogens with one attached hydrogen (secondary N) is 1.